The van der Waals surface area contributed by atoms with Crippen LogP contribution >= 0.6 is 0 Å². The molecular formula is C13H11FN4O. The van der Waals surface area contributed by atoms with E-state index in [4.69, 9.17) is 15.7 Å². The number of ether oxygens (including phenoxy) is 1. The van der Waals surface area contributed by atoms with E-state index in [1.165, 1.54) is 37.6 Å². The van der Waals surface area contributed by atoms with Gasteiger partial charge in [0.05, 0.1) is 24.0 Å². The molecule has 6 heteroatoms. The van der Waals surface area contributed by atoms with Gasteiger partial charge in [-0.2, -0.15) is 5.26 Å². The summed E-state index contributed by atoms with van der Waals surface area (Å²) < 4.78 is 18.1. The lowest BCUT2D eigenvalue weighted by molar-refractivity contribution is 0.413. The van der Waals surface area contributed by atoms with Gasteiger partial charge in [0.25, 0.3) is 0 Å². The molecule has 0 spiro atoms. The summed E-state index contributed by atoms with van der Waals surface area (Å²) in [6, 6.07) is 7.52. The molecule has 1 aromatic carbocycles. The van der Waals surface area contributed by atoms with Crippen molar-refractivity contribution in [2.75, 3.05) is 18.2 Å². The average Bonchev–Trinajstić information content (AvgIpc) is 2.42. The maximum Gasteiger partial charge on any atom is 0.153 e. The molecule has 0 saturated carbocycles. The van der Waals surface area contributed by atoms with Crippen molar-refractivity contribution >= 4 is 17.2 Å². The molecule has 0 aliphatic rings. The average molecular weight is 258 g/mol. The summed E-state index contributed by atoms with van der Waals surface area (Å²) in [6.45, 7) is 0. The Morgan fingerprint density at radius 2 is 2.21 bits per heavy atom. The van der Waals surface area contributed by atoms with Gasteiger partial charge in [-0.15, -0.1) is 0 Å². The zero-order valence-corrected chi connectivity index (χ0v) is 10.1. The number of nitriles is 1. The number of nitrogen functional groups attached to an aromatic ring is 1. The number of benzene rings is 1. The Morgan fingerprint density at radius 3 is 2.84 bits per heavy atom. The lowest BCUT2D eigenvalue weighted by Crippen LogP contribution is -2.01. The molecule has 0 aliphatic carbocycles. The SMILES string of the molecule is COc1cc(F)ccc1Nc1ncc(C#N)cc1N. The molecule has 2 aromatic rings. The second kappa shape index (κ2) is 5.23. The summed E-state index contributed by atoms with van der Waals surface area (Å²) in [6.07, 6.45) is 1.40. The first-order valence-corrected chi connectivity index (χ1v) is 5.40. The summed E-state index contributed by atoms with van der Waals surface area (Å²) >= 11 is 0. The van der Waals surface area contributed by atoms with E-state index in [0.717, 1.165) is 0 Å². The maximum absolute atomic E-state index is 13.1. The molecule has 19 heavy (non-hydrogen) atoms. The Bertz CT molecular complexity index is 652. The van der Waals surface area contributed by atoms with Crippen LogP contribution in [0, 0.1) is 17.1 Å². The number of aromatic nitrogens is 1. The first-order valence-electron chi connectivity index (χ1n) is 5.40. The van der Waals surface area contributed by atoms with Crippen LogP contribution in [0.1, 0.15) is 5.56 Å². The Morgan fingerprint density at radius 1 is 1.42 bits per heavy atom. The normalized spacial score (nSPS) is 9.74. The van der Waals surface area contributed by atoms with Gasteiger partial charge in [0.15, 0.2) is 5.82 Å². The van der Waals surface area contributed by atoms with Gasteiger partial charge >= 0.3 is 0 Å². The van der Waals surface area contributed by atoms with Crippen molar-refractivity contribution in [3.63, 3.8) is 0 Å². The number of rotatable bonds is 3. The van der Waals surface area contributed by atoms with Crippen LogP contribution in [0.3, 0.4) is 0 Å². The highest BCUT2D eigenvalue weighted by molar-refractivity contribution is 5.72. The van der Waals surface area contributed by atoms with Gasteiger partial charge < -0.3 is 15.8 Å². The molecule has 0 radical (unpaired) electrons. The summed E-state index contributed by atoms with van der Waals surface area (Å²) in [5, 5.41) is 11.7. The van der Waals surface area contributed by atoms with Crippen LogP contribution in [0.15, 0.2) is 30.5 Å². The molecule has 0 aliphatic heterocycles. The van der Waals surface area contributed by atoms with Crippen LogP contribution in [0.25, 0.3) is 0 Å². The standard InChI is InChI=1S/C13H11FN4O/c1-19-12-5-9(14)2-3-11(12)18-13-10(16)4-8(6-15)7-17-13/h2-5,7H,16H2,1H3,(H,17,18). The van der Waals surface area contributed by atoms with E-state index in [0.29, 0.717) is 28.5 Å². The third kappa shape index (κ3) is 2.72. The number of pyridine rings is 1. The highest BCUT2D eigenvalue weighted by atomic mass is 19.1. The fourth-order valence-electron chi connectivity index (χ4n) is 1.54. The van der Waals surface area contributed by atoms with Crippen molar-refractivity contribution in [3.05, 3.63) is 41.8 Å². The number of nitrogens with zero attached hydrogens (tertiary/aromatic N) is 2. The molecule has 0 saturated heterocycles. The van der Waals surface area contributed by atoms with Gasteiger partial charge in [-0.3, -0.25) is 0 Å². The Balaban J connectivity index is 2.34. The number of nitrogens with one attached hydrogen (secondary N) is 1. The van der Waals surface area contributed by atoms with Gasteiger partial charge in [0.2, 0.25) is 0 Å². The molecular weight excluding hydrogens is 247 g/mol. The summed E-state index contributed by atoms with van der Waals surface area (Å²) in [5.41, 5.74) is 7.00. The monoisotopic (exact) mass is 258 g/mol. The lowest BCUT2D eigenvalue weighted by atomic mass is 10.2. The predicted octanol–water partition coefficient (Wildman–Crippen LogP) is 2.43. The minimum absolute atomic E-state index is 0.324. The van der Waals surface area contributed by atoms with E-state index in [2.05, 4.69) is 10.3 Å². The number of anilines is 3. The Hall–Kier alpha value is -2.81. The largest absolute Gasteiger partial charge is 0.494 e. The highest BCUT2D eigenvalue weighted by Crippen LogP contribution is 2.29. The fourth-order valence-corrected chi connectivity index (χ4v) is 1.54. The number of hydrogen-bond acceptors (Lipinski definition) is 5. The van der Waals surface area contributed by atoms with E-state index < -0.39 is 5.82 Å². The lowest BCUT2D eigenvalue weighted by Gasteiger charge is -2.12. The molecule has 0 amide bonds. The van der Waals surface area contributed by atoms with E-state index in [1.807, 2.05) is 6.07 Å². The zero-order valence-electron chi connectivity index (χ0n) is 10.1. The smallest absolute Gasteiger partial charge is 0.153 e. The van der Waals surface area contributed by atoms with Gasteiger partial charge in [-0.25, -0.2) is 9.37 Å². The topological polar surface area (TPSA) is 84.0 Å². The quantitative estimate of drug-likeness (QED) is 0.883. The number of methoxy groups -OCH3 is 1. The van der Waals surface area contributed by atoms with Gasteiger partial charge in [0.1, 0.15) is 17.6 Å². The Labute approximate surface area is 109 Å². The highest BCUT2D eigenvalue weighted by Gasteiger charge is 2.08. The summed E-state index contributed by atoms with van der Waals surface area (Å²) in [5.74, 6) is 0.317. The second-order valence-electron chi connectivity index (χ2n) is 3.74. The minimum atomic E-state index is -0.400. The van der Waals surface area contributed by atoms with Crippen LogP contribution in [0.4, 0.5) is 21.6 Å². The van der Waals surface area contributed by atoms with Crippen LogP contribution in [0.2, 0.25) is 0 Å². The van der Waals surface area contributed by atoms with Crippen LogP contribution < -0.4 is 15.8 Å². The first-order chi connectivity index (χ1) is 9.13. The molecule has 1 aromatic heterocycles. The molecule has 96 valence electrons. The summed E-state index contributed by atoms with van der Waals surface area (Å²) in [7, 11) is 1.44. The fraction of sp³-hybridized carbons (Fsp3) is 0.0769. The second-order valence-corrected chi connectivity index (χ2v) is 3.74. The number of halogens is 1. The van der Waals surface area contributed by atoms with E-state index in [1.54, 1.807) is 0 Å². The minimum Gasteiger partial charge on any atom is -0.494 e. The van der Waals surface area contributed by atoms with Crippen LogP contribution in [-0.4, -0.2) is 12.1 Å². The molecule has 0 fully saturated rings. The summed E-state index contributed by atoms with van der Waals surface area (Å²) in [4.78, 5) is 4.03. The van der Waals surface area contributed by atoms with E-state index in [9.17, 15) is 4.39 Å². The number of hydrogen-bond donors (Lipinski definition) is 2. The van der Waals surface area contributed by atoms with Crippen molar-refractivity contribution < 1.29 is 9.13 Å². The maximum atomic E-state index is 13.1. The number of nitrogens with two attached hydrogens (primary N) is 1. The van der Waals surface area contributed by atoms with Crippen molar-refractivity contribution in [2.45, 2.75) is 0 Å². The van der Waals surface area contributed by atoms with Gasteiger partial charge in [-0.05, 0) is 18.2 Å². The van der Waals surface area contributed by atoms with Gasteiger partial charge in [0, 0.05) is 12.3 Å². The third-order valence-electron chi connectivity index (χ3n) is 2.46. The first kappa shape index (κ1) is 12.6. The van der Waals surface area contributed by atoms with Crippen LogP contribution in [-0.2, 0) is 0 Å². The van der Waals surface area contributed by atoms with E-state index >= 15 is 0 Å². The van der Waals surface area contributed by atoms with Crippen molar-refractivity contribution in [2.24, 2.45) is 0 Å². The van der Waals surface area contributed by atoms with Crippen molar-refractivity contribution in [1.82, 2.24) is 4.98 Å². The van der Waals surface area contributed by atoms with E-state index in [-0.39, 0.29) is 0 Å². The predicted molar refractivity (Wildman–Crippen MR) is 69.6 cm³/mol. The van der Waals surface area contributed by atoms with Crippen molar-refractivity contribution in [3.8, 4) is 11.8 Å². The van der Waals surface area contributed by atoms with Crippen LogP contribution in [0.5, 0.6) is 5.75 Å². The molecule has 1 heterocycles. The molecule has 0 unspecified atom stereocenters. The Kier molecular flexibility index (Phi) is 3.48. The van der Waals surface area contributed by atoms with Crippen molar-refractivity contribution in [1.29, 1.82) is 5.26 Å². The molecule has 3 N–H and O–H groups in total. The molecule has 0 atom stereocenters. The molecule has 5 nitrogen and oxygen atoms in total. The third-order valence-corrected chi connectivity index (χ3v) is 2.46. The zero-order chi connectivity index (χ0) is 13.8. The molecule has 2 rings (SSSR count). The molecule has 0 bridgehead atoms. The van der Waals surface area contributed by atoms with Gasteiger partial charge in [-0.1, -0.05) is 0 Å².